The van der Waals surface area contributed by atoms with Gasteiger partial charge in [0.05, 0.1) is 5.75 Å². The van der Waals surface area contributed by atoms with Crippen LogP contribution in [-0.4, -0.2) is 32.5 Å². The van der Waals surface area contributed by atoms with Gasteiger partial charge in [0.25, 0.3) is 0 Å². The lowest BCUT2D eigenvalue weighted by Gasteiger charge is -2.35. The molecule has 1 fully saturated rings. The lowest BCUT2D eigenvalue weighted by Crippen LogP contribution is -2.38. The molecule has 3 unspecified atom stereocenters. The lowest BCUT2D eigenvalue weighted by molar-refractivity contribution is 0.202. The Hall–Kier alpha value is -0.0900. The first kappa shape index (κ1) is 18.0. The minimum atomic E-state index is -2.80. The summed E-state index contributed by atoms with van der Waals surface area (Å²) in [6.07, 6.45) is 8.48. The first-order chi connectivity index (χ1) is 9.52. The molecule has 0 aromatic rings. The van der Waals surface area contributed by atoms with E-state index >= 15 is 0 Å². The molecule has 3 nitrogen and oxygen atoms in total. The quantitative estimate of drug-likeness (QED) is 0.710. The minimum absolute atomic E-state index is 0.278. The van der Waals surface area contributed by atoms with Gasteiger partial charge < -0.3 is 5.32 Å². The van der Waals surface area contributed by atoms with Gasteiger partial charge in [0.15, 0.2) is 0 Å². The summed E-state index contributed by atoms with van der Waals surface area (Å²) in [5.74, 6) is 2.27. The fourth-order valence-electron chi connectivity index (χ4n) is 3.50. The molecule has 0 aromatic carbocycles. The molecule has 1 saturated carbocycles. The SMILES string of the molecule is CCNC(CCCS(=O)(=O)CC)C1CCCC(CC)C1. The summed E-state index contributed by atoms with van der Waals surface area (Å²) in [4.78, 5) is 0. The molecule has 4 heteroatoms. The van der Waals surface area contributed by atoms with E-state index in [0.29, 0.717) is 11.8 Å². The lowest BCUT2D eigenvalue weighted by atomic mass is 9.76. The van der Waals surface area contributed by atoms with Gasteiger partial charge in [-0.1, -0.05) is 40.0 Å². The van der Waals surface area contributed by atoms with Crippen LogP contribution in [0.2, 0.25) is 0 Å². The fraction of sp³-hybridized carbons (Fsp3) is 1.00. The summed E-state index contributed by atoms with van der Waals surface area (Å²) in [5.41, 5.74) is 0. The Morgan fingerprint density at radius 1 is 1.20 bits per heavy atom. The Kier molecular flexibility index (Phi) is 8.11. The zero-order chi connectivity index (χ0) is 15.0. The van der Waals surface area contributed by atoms with Crippen LogP contribution in [-0.2, 0) is 9.84 Å². The maximum atomic E-state index is 11.6. The molecule has 0 heterocycles. The maximum Gasteiger partial charge on any atom is 0.150 e. The van der Waals surface area contributed by atoms with Gasteiger partial charge in [-0.15, -0.1) is 0 Å². The van der Waals surface area contributed by atoms with Crippen LogP contribution < -0.4 is 5.32 Å². The summed E-state index contributed by atoms with van der Waals surface area (Å²) >= 11 is 0. The van der Waals surface area contributed by atoms with Crippen LogP contribution in [0, 0.1) is 11.8 Å². The topological polar surface area (TPSA) is 46.2 Å². The molecule has 1 aliphatic rings. The van der Waals surface area contributed by atoms with Gasteiger partial charge in [-0.25, -0.2) is 8.42 Å². The van der Waals surface area contributed by atoms with Crippen LogP contribution in [0.15, 0.2) is 0 Å². The molecule has 0 bridgehead atoms. The highest BCUT2D eigenvalue weighted by molar-refractivity contribution is 7.91. The van der Waals surface area contributed by atoms with Gasteiger partial charge in [0.1, 0.15) is 9.84 Å². The van der Waals surface area contributed by atoms with Crippen molar-refractivity contribution in [2.24, 2.45) is 11.8 Å². The number of hydrogen-bond acceptors (Lipinski definition) is 3. The minimum Gasteiger partial charge on any atom is -0.314 e. The second-order valence-electron chi connectivity index (χ2n) is 6.24. The third-order valence-corrected chi connectivity index (χ3v) is 6.64. The van der Waals surface area contributed by atoms with Gasteiger partial charge in [-0.05, 0) is 44.1 Å². The van der Waals surface area contributed by atoms with Crippen molar-refractivity contribution in [1.29, 1.82) is 0 Å². The van der Waals surface area contributed by atoms with E-state index in [2.05, 4.69) is 19.2 Å². The number of sulfone groups is 1. The van der Waals surface area contributed by atoms with Crippen LogP contribution in [0.25, 0.3) is 0 Å². The Morgan fingerprint density at radius 2 is 1.95 bits per heavy atom. The van der Waals surface area contributed by atoms with Gasteiger partial charge in [0, 0.05) is 11.8 Å². The van der Waals surface area contributed by atoms with Crippen LogP contribution in [0.3, 0.4) is 0 Å². The Balaban J connectivity index is 2.47. The summed E-state index contributed by atoms with van der Waals surface area (Å²) in [7, 11) is -2.80. The molecule has 3 atom stereocenters. The monoisotopic (exact) mass is 303 g/mol. The molecule has 0 aliphatic heterocycles. The normalized spacial score (nSPS) is 25.6. The number of rotatable bonds is 9. The van der Waals surface area contributed by atoms with Gasteiger partial charge in [0.2, 0.25) is 0 Å². The van der Waals surface area contributed by atoms with Crippen molar-refractivity contribution >= 4 is 9.84 Å². The molecule has 1 rings (SSSR count). The molecule has 20 heavy (non-hydrogen) atoms. The summed E-state index contributed by atoms with van der Waals surface area (Å²) in [5, 5.41) is 3.61. The first-order valence-corrected chi connectivity index (χ1v) is 10.3. The standard InChI is InChI=1S/C16H33NO2S/c1-4-14-9-7-10-15(13-14)16(17-5-2)11-8-12-20(18,19)6-3/h14-17H,4-13H2,1-3H3. The van der Waals surface area contributed by atoms with Crippen LogP contribution >= 0.6 is 0 Å². The van der Waals surface area contributed by atoms with E-state index in [1.54, 1.807) is 6.92 Å². The maximum absolute atomic E-state index is 11.6. The van der Waals surface area contributed by atoms with Crippen molar-refractivity contribution in [1.82, 2.24) is 5.32 Å². The molecular weight excluding hydrogens is 270 g/mol. The molecule has 0 spiro atoms. The Bertz CT molecular complexity index is 353. The number of nitrogens with one attached hydrogen (secondary N) is 1. The number of hydrogen-bond donors (Lipinski definition) is 1. The van der Waals surface area contributed by atoms with Gasteiger partial charge in [-0.2, -0.15) is 0 Å². The average molecular weight is 304 g/mol. The molecule has 0 amide bonds. The van der Waals surface area contributed by atoms with Gasteiger partial charge in [-0.3, -0.25) is 0 Å². The van der Waals surface area contributed by atoms with E-state index in [0.717, 1.165) is 31.2 Å². The highest BCUT2D eigenvalue weighted by Crippen LogP contribution is 2.34. The average Bonchev–Trinajstić information content (AvgIpc) is 2.46. The molecule has 0 radical (unpaired) electrons. The third-order valence-electron chi connectivity index (χ3n) is 4.85. The highest BCUT2D eigenvalue weighted by atomic mass is 32.2. The van der Waals surface area contributed by atoms with Crippen LogP contribution in [0.1, 0.15) is 65.7 Å². The van der Waals surface area contributed by atoms with E-state index < -0.39 is 9.84 Å². The van der Waals surface area contributed by atoms with Crippen molar-refractivity contribution in [2.75, 3.05) is 18.1 Å². The van der Waals surface area contributed by atoms with Crippen LogP contribution in [0.5, 0.6) is 0 Å². The van der Waals surface area contributed by atoms with E-state index in [4.69, 9.17) is 0 Å². The Morgan fingerprint density at radius 3 is 2.55 bits per heavy atom. The predicted molar refractivity (Wildman–Crippen MR) is 86.8 cm³/mol. The largest absolute Gasteiger partial charge is 0.314 e. The Labute approximate surface area is 125 Å². The van der Waals surface area contributed by atoms with Crippen molar-refractivity contribution in [3.8, 4) is 0 Å². The smallest absolute Gasteiger partial charge is 0.150 e. The fourth-order valence-corrected chi connectivity index (χ4v) is 4.40. The molecule has 120 valence electrons. The molecular formula is C16H33NO2S. The van der Waals surface area contributed by atoms with Crippen molar-refractivity contribution < 1.29 is 8.42 Å². The first-order valence-electron chi connectivity index (χ1n) is 8.46. The van der Waals surface area contributed by atoms with Crippen molar-refractivity contribution in [3.05, 3.63) is 0 Å². The van der Waals surface area contributed by atoms with Gasteiger partial charge >= 0.3 is 0 Å². The highest BCUT2D eigenvalue weighted by Gasteiger charge is 2.27. The predicted octanol–water partition coefficient (Wildman–Crippen LogP) is 3.40. The molecule has 1 aliphatic carbocycles. The van der Waals surface area contributed by atoms with E-state index in [1.165, 1.54) is 32.1 Å². The zero-order valence-corrected chi connectivity index (χ0v) is 14.3. The van der Waals surface area contributed by atoms with Crippen LogP contribution in [0.4, 0.5) is 0 Å². The second-order valence-corrected chi connectivity index (χ2v) is 8.72. The van der Waals surface area contributed by atoms with Crippen molar-refractivity contribution in [3.63, 3.8) is 0 Å². The third kappa shape index (κ3) is 6.13. The van der Waals surface area contributed by atoms with Crippen molar-refractivity contribution in [2.45, 2.75) is 71.8 Å². The van der Waals surface area contributed by atoms with E-state index in [-0.39, 0.29) is 5.75 Å². The molecule has 1 N–H and O–H groups in total. The van der Waals surface area contributed by atoms with E-state index in [9.17, 15) is 8.42 Å². The summed E-state index contributed by atoms with van der Waals surface area (Å²) in [6, 6.07) is 0.515. The van der Waals surface area contributed by atoms with E-state index in [1.807, 2.05) is 0 Å². The summed E-state index contributed by atoms with van der Waals surface area (Å²) in [6.45, 7) is 7.17. The second kappa shape index (κ2) is 9.04. The summed E-state index contributed by atoms with van der Waals surface area (Å²) < 4.78 is 23.2. The zero-order valence-electron chi connectivity index (χ0n) is 13.5. The molecule has 0 saturated heterocycles. The molecule has 0 aromatic heterocycles.